The topological polar surface area (TPSA) is 46.3 Å². The van der Waals surface area contributed by atoms with Crippen molar-refractivity contribution in [3.8, 4) is 11.1 Å². The molecule has 0 aliphatic carbocycles. The van der Waals surface area contributed by atoms with Crippen molar-refractivity contribution in [3.63, 3.8) is 0 Å². The quantitative estimate of drug-likeness (QED) is 0.822. The number of carbonyl (C=O) groups excluding carboxylic acids is 1. The lowest BCUT2D eigenvalue weighted by atomic mass is 9.89. The van der Waals surface area contributed by atoms with Crippen LogP contribution in [0, 0.1) is 0 Å². The van der Waals surface area contributed by atoms with E-state index in [1.807, 2.05) is 6.07 Å². The zero-order valence-electron chi connectivity index (χ0n) is 12.6. The van der Waals surface area contributed by atoms with Gasteiger partial charge >= 0.3 is 6.03 Å². The first kappa shape index (κ1) is 16.2. The van der Waals surface area contributed by atoms with Gasteiger partial charge in [-0.1, -0.05) is 47.5 Å². The number of urea groups is 1. The molecular formula is C18H18Cl2N2O. The minimum Gasteiger partial charge on any atom is -0.351 e. The molecule has 1 aliphatic rings. The van der Waals surface area contributed by atoms with Gasteiger partial charge in [0, 0.05) is 34.6 Å². The lowest BCUT2D eigenvalue weighted by Gasteiger charge is -2.31. The molecule has 2 aromatic rings. The number of primary amides is 1. The lowest BCUT2D eigenvalue weighted by molar-refractivity contribution is 0.189. The molecule has 1 heterocycles. The highest BCUT2D eigenvalue weighted by atomic mass is 35.5. The van der Waals surface area contributed by atoms with Crippen molar-refractivity contribution in [2.24, 2.45) is 5.73 Å². The van der Waals surface area contributed by atoms with Crippen LogP contribution in [0.3, 0.4) is 0 Å². The molecule has 5 heteroatoms. The largest absolute Gasteiger partial charge is 0.351 e. The molecule has 0 spiro atoms. The Morgan fingerprint density at radius 1 is 1.13 bits per heavy atom. The number of hydrogen-bond acceptors (Lipinski definition) is 1. The molecule has 3 nitrogen and oxygen atoms in total. The molecule has 120 valence electrons. The maximum Gasteiger partial charge on any atom is 0.314 e. The van der Waals surface area contributed by atoms with Crippen LogP contribution in [-0.2, 0) is 0 Å². The molecule has 0 saturated carbocycles. The van der Waals surface area contributed by atoms with E-state index in [4.69, 9.17) is 28.9 Å². The summed E-state index contributed by atoms with van der Waals surface area (Å²) in [6.07, 6.45) is 2.05. The molecule has 1 fully saturated rings. The Bertz CT molecular complexity index is 715. The van der Waals surface area contributed by atoms with Crippen LogP contribution in [0.5, 0.6) is 0 Å². The summed E-state index contributed by atoms with van der Waals surface area (Å²) in [5.41, 5.74) is 8.57. The summed E-state index contributed by atoms with van der Waals surface area (Å²) in [6, 6.07) is 13.4. The van der Waals surface area contributed by atoms with Crippen molar-refractivity contribution >= 4 is 29.2 Å². The second-order valence-corrected chi connectivity index (χ2v) is 6.71. The van der Waals surface area contributed by atoms with Crippen molar-refractivity contribution < 1.29 is 4.79 Å². The third-order valence-corrected chi connectivity index (χ3v) is 4.92. The van der Waals surface area contributed by atoms with Gasteiger partial charge in [-0.3, -0.25) is 0 Å². The van der Waals surface area contributed by atoms with Crippen LogP contribution in [-0.4, -0.2) is 24.0 Å². The molecule has 2 amide bonds. The van der Waals surface area contributed by atoms with Crippen molar-refractivity contribution in [2.45, 2.75) is 18.8 Å². The van der Waals surface area contributed by atoms with E-state index in [1.54, 1.807) is 17.0 Å². The maximum absolute atomic E-state index is 11.4. The van der Waals surface area contributed by atoms with Gasteiger partial charge in [0.05, 0.1) is 0 Å². The number of amides is 2. The second kappa shape index (κ2) is 6.81. The summed E-state index contributed by atoms with van der Waals surface area (Å²) in [5.74, 6) is 0.333. The molecule has 1 saturated heterocycles. The summed E-state index contributed by atoms with van der Waals surface area (Å²) in [7, 11) is 0. The fourth-order valence-corrected chi connectivity index (χ4v) is 3.50. The Kier molecular flexibility index (Phi) is 4.79. The van der Waals surface area contributed by atoms with E-state index in [9.17, 15) is 4.79 Å². The number of nitrogens with two attached hydrogens (primary N) is 1. The summed E-state index contributed by atoms with van der Waals surface area (Å²) < 4.78 is 0. The van der Waals surface area contributed by atoms with Gasteiger partial charge in [0.25, 0.3) is 0 Å². The number of rotatable bonds is 2. The molecule has 2 aromatic carbocycles. The maximum atomic E-state index is 11.4. The smallest absolute Gasteiger partial charge is 0.314 e. The van der Waals surface area contributed by atoms with E-state index >= 15 is 0 Å². The van der Waals surface area contributed by atoms with Crippen LogP contribution < -0.4 is 5.73 Å². The average Bonchev–Trinajstić information content (AvgIpc) is 2.57. The predicted octanol–water partition coefficient (Wildman–Crippen LogP) is 4.92. The molecule has 1 unspecified atom stereocenters. The van der Waals surface area contributed by atoms with Crippen molar-refractivity contribution in [3.05, 3.63) is 58.1 Å². The number of hydrogen-bond donors (Lipinski definition) is 1. The second-order valence-electron chi connectivity index (χ2n) is 5.87. The predicted molar refractivity (Wildman–Crippen MR) is 95.0 cm³/mol. The molecule has 0 aromatic heterocycles. The molecule has 1 aliphatic heterocycles. The van der Waals surface area contributed by atoms with Crippen LogP contribution in [0.15, 0.2) is 42.5 Å². The number of halogens is 2. The lowest BCUT2D eigenvalue weighted by Crippen LogP contribution is -2.42. The summed E-state index contributed by atoms with van der Waals surface area (Å²) >= 11 is 12.3. The fourth-order valence-electron chi connectivity index (χ4n) is 3.10. The van der Waals surface area contributed by atoms with Crippen LogP contribution >= 0.6 is 23.2 Å². The Balaban J connectivity index is 1.82. The molecule has 23 heavy (non-hydrogen) atoms. The van der Waals surface area contributed by atoms with Crippen LogP contribution in [0.2, 0.25) is 10.0 Å². The summed E-state index contributed by atoms with van der Waals surface area (Å²) in [4.78, 5) is 13.1. The summed E-state index contributed by atoms with van der Waals surface area (Å²) in [5, 5.41) is 1.34. The normalized spacial score (nSPS) is 18.0. The number of nitrogens with zero attached hydrogens (tertiary/aromatic N) is 1. The van der Waals surface area contributed by atoms with Gasteiger partial charge < -0.3 is 10.6 Å². The van der Waals surface area contributed by atoms with Gasteiger partial charge in [-0.15, -0.1) is 0 Å². The van der Waals surface area contributed by atoms with Crippen LogP contribution in [0.1, 0.15) is 24.3 Å². The Morgan fingerprint density at radius 3 is 2.57 bits per heavy atom. The van der Waals surface area contributed by atoms with Gasteiger partial charge in [0.15, 0.2) is 0 Å². The molecule has 1 atom stereocenters. The Labute approximate surface area is 146 Å². The van der Waals surface area contributed by atoms with Crippen molar-refractivity contribution in [1.82, 2.24) is 4.90 Å². The van der Waals surface area contributed by atoms with E-state index in [2.05, 4.69) is 24.3 Å². The van der Waals surface area contributed by atoms with E-state index in [0.717, 1.165) is 30.5 Å². The van der Waals surface area contributed by atoms with Crippen molar-refractivity contribution in [1.29, 1.82) is 0 Å². The Hall–Kier alpha value is -1.71. The first-order chi connectivity index (χ1) is 11.0. The number of carbonyl (C=O) groups is 1. The van der Waals surface area contributed by atoms with Crippen molar-refractivity contribution in [2.75, 3.05) is 13.1 Å². The highest BCUT2D eigenvalue weighted by Crippen LogP contribution is 2.33. The fraction of sp³-hybridized carbons (Fsp3) is 0.278. The zero-order chi connectivity index (χ0) is 16.4. The minimum atomic E-state index is -0.336. The Morgan fingerprint density at radius 2 is 1.87 bits per heavy atom. The molecule has 2 N–H and O–H groups in total. The van der Waals surface area contributed by atoms with Crippen LogP contribution in [0.25, 0.3) is 11.1 Å². The van der Waals surface area contributed by atoms with E-state index < -0.39 is 0 Å². The van der Waals surface area contributed by atoms with Gasteiger partial charge in [-0.05, 0) is 42.2 Å². The van der Waals surface area contributed by atoms with Gasteiger partial charge in [0.2, 0.25) is 0 Å². The molecule has 3 rings (SSSR count). The monoisotopic (exact) mass is 348 g/mol. The van der Waals surface area contributed by atoms with Crippen LogP contribution in [0.4, 0.5) is 4.79 Å². The highest BCUT2D eigenvalue weighted by Gasteiger charge is 2.23. The van der Waals surface area contributed by atoms with Gasteiger partial charge in [-0.25, -0.2) is 4.79 Å². The van der Waals surface area contributed by atoms with Gasteiger partial charge in [0.1, 0.15) is 0 Å². The standard InChI is InChI=1S/C18H18Cl2N2O/c19-15-7-8-17(20)16(10-15)13-5-3-12(4-6-13)14-2-1-9-22(11-14)18(21)23/h3-8,10,14H,1-2,9,11H2,(H2,21,23). The highest BCUT2D eigenvalue weighted by molar-refractivity contribution is 6.35. The van der Waals surface area contributed by atoms with Gasteiger partial charge in [-0.2, -0.15) is 0 Å². The third kappa shape index (κ3) is 3.62. The SMILES string of the molecule is NC(=O)N1CCCC(c2ccc(-c3cc(Cl)ccc3Cl)cc2)C1. The summed E-state index contributed by atoms with van der Waals surface area (Å²) in [6.45, 7) is 1.44. The first-order valence-corrected chi connectivity index (χ1v) is 8.40. The zero-order valence-corrected chi connectivity index (χ0v) is 14.1. The number of likely N-dealkylation sites (tertiary alicyclic amines) is 1. The minimum absolute atomic E-state index is 0.333. The average molecular weight is 349 g/mol. The van der Waals surface area contributed by atoms with E-state index in [-0.39, 0.29) is 6.03 Å². The van der Waals surface area contributed by atoms with E-state index in [0.29, 0.717) is 22.5 Å². The molecule has 0 radical (unpaired) electrons. The molecular weight excluding hydrogens is 331 g/mol. The third-order valence-electron chi connectivity index (χ3n) is 4.35. The number of piperidine rings is 1. The van der Waals surface area contributed by atoms with E-state index in [1.165, 1.54) is 5.56 Å². The molecule has 0 bridgehead atoms. The first-order valence-electron chi connectivity index (χ1n) is 7.64. The number of benzene rings is 2.